The lowest BCUT2D eigenvalue weighted by atomic mass is 10.2. The number of nitrogens with one attached hydrogen (secondary N) is 1. The van der Waals surface area contributed by atoms with Gasteiger partial charge in [0.25, 0.3) is 0 Å². The molecule has 1 heterocycles. The first-order valence-electron chi connectivity index (χ1n) is 3.65. The van der Waals surface area contributed by atoms with Crippen LogP contribution in [0, 0.1) is 0 Å². The molecule has 0 saturated carbocycles. The molecule has 0 aromatic rings. The summed E-state index contributed by atoms with van der Waals surface area (Å²) in [5, 5.41) is 3.32. The topological polar surface area (TPSA) is 41.3 Å². The molecule has 1 unspecified atom stereocenters. The van der Waals surface area contributed by atoms with Crippen LogP contribution in [0.2, 0.25) is 0 Å². The predicted molar refractivity (Wildman–Crippen MR) is 42.6 cm³/mol. The molecule has 1 fully saturated rings. The van der Waals surface area contributed by atoms with Crippen LogP contribution in [0.5, 0.6) is 0 Å². The Kier molecular flexibility index (Phi) is 2.86. The number of nitrogens with two attached hydrogens (primary N) is 1. The minimum atomic E-state index is 0.428. The van der Waals surface area contributed by atoms with Crippen LogP contribution in [0.15, 0.2) is 12.7 Å². The van der Waals surface area contributed by atoms with Crippen molar-refractivity contribution < 1.29 is 0 Å². The summed E-state index contributed by atoms with van der Waals surface area (Å²) in [5.41, 5.74) is 5.48. The molecule has 1 rings (SSSR count). The van der Waals surface area contributed by atoms with Gasteiger partial charge in [-0.1, -0.05) is 6.08 Å². The van der Waals surface area contributed by atoms with E-state index in [-0.39, 0.29) is 0 Å². The quantitative estimate of drug-likeness (QED) is 0.503. The molecule has 1 aliphatic heterocycles. The van der Waals surface area contributed by atoms with Gasteiger partial charge in [0.1, 0.15) is 0 Å². The van der Waals surface area contributed by atoms with E-state index in [4.69, 9.17) is 5.73 Å². The van der Waals surface area contributed by atoms with Crippen molar-refractivity contribution in [1.29, 1.82) is 0 Å². The lowest BCUT2D eigenvalue weighted by Gasteiger charge is -2.30. The summed E-state index contributed by atoms with van der Waals surface area (Å²) < 4.78 is 0. The van der Waals surface area contributed by atoms with Gasteiger partial charge in [-0.25, -0.2) is 0 Å². The molecule has 0 aliphatic carbocycles. The highest BCUT2D eigenvalue weighted by Crippen LogP contribution is 1.96. The summed E-state index contributed by atoms with van der Waals surface area (Å²) >= 11 is 0. The molecular weight excluding hydrogens is 126 g/mol. The fourth-order valence-corrected chi connectivity index (χ4v) is 1.17. The van der Waals surface area contributed by atoms with Gasteiger partial charge in [0.15, 0.2) is 0 Å². The zero-order chi connectivity index (χ0) is 7.40. The van der Waals surface area contributed by atoms with Gasteiger partial charge in [0.05, 0.1) is 0 Å². The Morgan fingerprint density at radius 2 is 2.60 bits per heavy atom. The summed E-state index contributed by atoms with van der Waals surface area (Å²) in [6.07, 6.45) is 1.93. The van der Waals surface area contributed by atoms with Gasteiger partial charge in [0.2, 0.25) is 0 Å². The highest BCUT2D eigenvalue weighted by Gasteiger charge is 2.14. The van der Waals surface area contributed by atoms with Crippen LogP contribution in [0.1, 0.15) is 0 Å². The van der Waals surface area contributed by atoms with E-state index in [2.05, 4.69) is 16.8 Å². The first-order chi connectivity index (χ1) is 4.86. The average Bonchev–Trinajstić information content (AvgIpc) is 2.05. The monoisotopic (exact) mass is 141 g/mol. The van der Waals surface area contributed by atoms with Gasteiger partial charge in [-0.3, -0.25) is 4.90 Å². The van der Waals surface area contributed by atoms with Crippen molar-refractivity contribution in [3.05, 3.63) is 12.7 Å². The Morgan fingerprint density at radius 1 is 1.80 bits per heavy atom. The van der Waals surface area contributed by atoms with Gasteiger partial charge >= 0.3 is 0 Å². The van der Waals surface area contributed by atoms with Crippen LogP contribution in [0.3, 0.4) is 0 Å². The second-order valence-electron chi connectivity index (χ2n) is 2.56. The fraction of sp³-hybridized carbons (Fsp3) is 0.714. The lowest BCUT2D eigenvalue weighted by molar-refractivity contribution is 0.223. The maximum absolute atomic E-state index is 5.48. The number of rotatable bonds is 2. The SMILES string of the molecule is C=CC1CN(CN)CCN1. The summed E-state index contributed by atoms with van der Waals surface area (Å²) in [7, 11) is 0. The third-order valence-electron chi connectivity index (χ3n) is 1.83. The maximum Gasteiger partial charge on any atom is 0.0456 e. The molecule has 0 bridgehead atoms. The van der Waals surface area contributed by atoms with E-state index in [9.17, 15) is 0 Å². The predicted octanol–water partition coefficient (Wildman–Crippen LogP) is -0.638. The van der Waals surface area contributed by atoms with Crippen molar-refractivity contribution in [3.63, 3.8) is 0 Å². The second kappa shape index (κ2) is 3.71. The normalized spacial score (nSPS) is 28.3. The Balaban J connectivity index is 2.31. The minimum Gasteiger partial charge on any atom is -0.318 e. The fourth-order valence-electron chi connectivity index (χ4n) is 1.17. The lowest BCUT2D eigenvalue weighted by Crippen LogP contribution is -2.51. The van der Waals surface area contributed by atoms with Crippen molar-refractivity contribution in [2.75, 3.05) is 26.3 Å². The highest BCUT2D eigenvalue weighted by atomic mass is 15.2. The van der Waals surface area contributed by atoms with Crippen LogP contribution >= 0.6 is 0 Å². The Labute approximate surface area is 61.9 Å². The first-order valence-corrected chi connectivity index (χ1v) is 3.65. The molecule has 1 atom stereocenters. The molecule has 0 radical (unpaired) electrons. The van der Waals surface area contributed by atoms with E-state index in [0.717, 1.165) is 19.6 Å². The molecule has 0 aromatic carbocycles. The molecule has 10 heavy (non-hydrogen) atoms. The Bertz CT molecular complexity index is 113. The van der Waals surface area contributed by atoms with Crippen LogP contribution in [0.4, 0.5) is 0 Å². The number of hydrogen-bond donors (Lipinski definition) is 2. The Morgan fingerprint density at radius 3 is 3.20 bits per heavy atom. The molecule has 1 aliphatic rings. The first kappa shape index (κ1) is 7.72. The molecule has 0 amide bonds. The molecule has 3 nitrogen and oxygen atoms in total. The highest BCUT2D eigenvalue weighted by molar-refractivity contribution is 4.90. The van der Waals surface area contributed by atoms with E-state index >= 15 is 0 Å². The third kappa shape index (κ3) is 1.80. The maximum atomic E-state index is 5.48. The van der Waals surface area contributed by atoms with E-state index < -0.39 is 0 Å². The largest absolute Gasteiger partial charge is 0.318 e. The van der Waals surface area contributed by atoms with Gasteiger partial charge in [-0.15, -0.1) is 6.58 Å². The van der Waals surface area contributed by atoms with E-state index in [1.165, 1.54) is 0 Å². The van der Waals surface area contributed by atoms with Crippen molar-refractivity contribution in [1.82, 2.24) is 10.2 Å². The number of nitrogens with zero attached hydrogens (tertiary/aromatic N) is 1. The molecule has 3 N–H and O–H groups in total. The van der Waals surface area contributed by atoms with Gasteiger partial charge < -0.3 is 11.1 Å². The van der Waals surface area contributed by atoms with Crippen molar-refractivity contribution in [2.24, 2.45) is 5.73 Å². The number of hydrogen-bond acceptors (Lipinski definition) is 3. The number of piperazine rings is 1. The molecule has 3 heteroatoms. The van der Waals surface area contributed by atoms with E-state index in [1.807, 2.05) is 6.08 Å². The Hall–Kier alpha value is -0.380. The molecule has 0 aromatic heterocycles. The van der Waals surface area contributed by atoms with Crippen molar-refractivity contribution >= 4 is 0 Å². The van der Waals surface area contributed by atoms with Gasteiger partial charge in [-0.2, -0.15) is 0 Å². The molecule has 0 spiro atoms. The summed E-state index contributed by atoms with van der Waals surface area (Å²) in [5.74, 6) is 0. The van der Waals surface area contributed by atoms with Gasteiger partial charge in [0, 0.05) is 32.3 Å². The van der Waals surface area contributed by atoms with Crippen LogP contribution in [-0.2, 0) is 0 Å². The summed E-state index contributed by atoms with van der Waals surface area (Å²) in [6.45, 7) is 7.46. The average molecular weight is 141 g/mol. The van der Waals surface area contributed by atoms with E-state index in [0.29, 0.717) is 12.7 Å². The third-order valence-corrected chi connectivity index (χ3v) is 1.83. The van der Waals surface area contributed by atoms with E-state index in [1.54, 1.807) is 0 Å². The second-order valence-corrected chi connectivity index (χ2v) is 2.56. The van der Waals surface area contributed by atoms with Crippen LogP contribution < -0.4 is 11.1 Å². The standard InChI is InChI=1S/C7H15N3/c1-2-7-5-10(6-8)4-3-9-7/h2,7,9H,1,3-6,8H2. The van der Waals surface area contributed by atoms with Crippen molar-refractivity contribution in [2.45, 2.75) is 6.04 Å². The smallest absolute Gasteiger partial charge is 0.0456 e. The summed E-state index contributed by atoms with van der Waals surface area (Å²) in [6, 6.07) is 0.428. The van der Waals surface area contributed by atoms with Crippen molar-refractivity contribution in [3.8, 4) is 0 Å². The molecule has 1 saturated heterocycles. The van der Waals surface area contributed by atoms with Gasteiger partial charge in [-0.05, 0) is 0 Å². The zero-order valence-electron chi connectivity index (χ0n) is 6.21. The van der Waals surface area contributed by atoms with Crippen LogP contribution in [-0.4, -0.2) is 37.2 Å². The summed E-state index contributed by atoms with van der Waals surface area (Å²) in [4.78, 5) is 2.21. The zero-order valence-corrected chi connectivity index (χ0v) is 6.21. The molecular formula is C7H15N3. The van der Waals surface area contributed by atoms with Crippen LogP contribution in [0.25, 0.3) is 0 Å². The minimum absolute atomic E-state index is 0.428. The molecule has 58 valence electrons.